The lowest BCUT2D eigenvalue weighted by Gasteiger charge is -2.32. The third-order valence-electron chi connectivity index (χ3n) is 4.22. The predicted molar refractivity (Wildman–Crippen MR) is 96.6 cm³/mol. The van der Waals surface area contributed by atoms with E-state index in [0.717, 1.165) is 16.8 Å². The van der Waals surface area contributed by atoms with Crippen LogP contribution < -0.4 is 10.6 Å². The smallest absolute Gasteiger partial charge is 0.243 e. The van der Waals surface area contributed by atoms with Crippen LogP contribution in [0.5, 0.6) is 0 Å². The highest BCUT2D eigenvalue weighted by Crippen LogP contribution is 2.17. The second kappa shape index (κ2) is 9.01. The van der Waals surface area contributed by atoms with Crippen LogP contribution in [0.25, 0.3) is 0 Å². The molecule has 2 atom stereocenters. The van der Waals surface area contributed by atoms with Crippen LogP contribution in [0, 0.1) is 13.8 Å². The Morgan fingerprint density at radius 1 is 1.38 bits per heavy atom. The highest BCUT2D eigenvalue weighted by atomic mass is 35.5. The Kier molecular flexibility index (Phi) is 7.66. The van der Waals surface area contributed by atoms with Gasteiger partial charge >= 0.3 is 0 Å². The number of hydrogen-bond acceptors (Lipinski definition) is 4. The van der Waals surface area contributed by atoms with Crippen LogP contribution in [0.4, 0.5) is 5.69 Å². The lowest BCUT2D eigenvalue weighted by molar-refractivity contribution is -0.140. The third-order valence-corrected chi connectivity index (χ3v) is 4.22. The van der Waals surface area contributed by atoms with Gasteiger partial charge in [-0.15, -0.1) is 12.4 Å². The fraction of sp³-hybridized carbons (Fsp3) is 0.529. The van der Waals surface area contributed by atoms with Crippen molar-refractivity contribution in [2.75, 3.05) is 32.1 Å². The number of ether oxygens (including phenoxy) is 1. The molecule has 2 rings (SSSR count). The molecule has 0 aromatic heterocycles. The van der Waals surface area contributed by atoms with E-state index in [4.69, 9.17) is 4.74 Å². The van der Waals surface area contributed by atoms with Gasteiger partial charge in [0.2, 0.25) is 11.8 Å². The summed E-state index contributed by atoms with van der Waals surface area (Å²) < 4.78 is 5.48. The molecular weight excluding hydrogens is 330 g/mol. The normalized spacial score (nSPS) is 20.0. The van der Waals surface area contributed by atoms with Gasteiger partial charge in [-0.1, -0.05) is 12.1 Å². The zero-order valence-electron chi connectivity index (χ0n) is 14.6. The summed E-state index contributed by atoms with van der Waals surface area (Å²) in [6.45, 7) is 7.07. The van der Waals surface area contributed by atoms with E-state index in [-0.39, 0.29) is 36.9 Å². The summed E-state index contributed by atoms with van der Waals surface area (Å²) >= 11 is 0. The molecule has 1 aliphatic rings. The molecule has 1 aliphatic heterocycles. The highest BCUT2D eigenvalue weighted by Gasteiger charge is 2.31. The molecule has 7 heteroatoms. The molecule has 134 valence electrons. The van der Waals surface area contributed by atoms with Gasteiger partial charge in [-0.2, -0.15) is 0 Å². The van der Waals surface area contributed by atoms with E-state index in [1.54, 1.807) is 7.05 Å². The standard InChI is InChI=1S/C17H25N3O3.ClH/c1-11-6-5-7-14(12(11)2)19-15(21)10-20(4)17(22)16-13(3)23-9-8-18-16;/h5-7,13,16,18H,8-10H2,1-4H3,(H,19,21);1H/t13-,16+;/m1./s1. The zero-order chi connectivity index (χ0) is 17.0. The number of anilines is 1. The largest absolute Gasteiger partial charge is 0.375 e. The molecule has 2 N–H and O–H groups in total. The Morgan fingerprint density at radius 2 is 2.08 bits per heavy atom. The Balaban J connectivity index is 0.00000288. The van der Waals surface area contributed by atoms with E-state index in [1.807, 2.05) is 39.0 Å². The molecular formula is C17H26ClN3O3. The van der Waals surface area contributed by atoms with Gasteiger partial charge in [-0.25, -0.2) is 0 Å². The van der Waals surface area contributed by atoms with Gasteiger partial charge in [0.15, 0.2) is 0 Å². The molecule has 1 aromatic rings. The Bertz CT molecular complexity index is 594. The summed E-state index contributed by atoms with van der Waals surface area (Å²) in [6, 6.07) is 5.36. The van der Waals surface area contributed by atoms with E-state index in [0.29, 0.717) is 13.2 Å². The number of morpholine rings is 1. The molecule has 1 saturated heterocycles. The van der Waals surface area contributed by atoms with Crippen LogP contribution in [0.2, 0.25) is 0 Å². The Hall–Kier alpha value is -1.63. The van der Waals surface area contributed by atoms with Crippen molar-refractivity contribution in [1.29, 1.82) is 0 Å². The Morgan fingerprint density at radius 3 is 2.75 bits per heavy atom. The van der Waals surface area contributed by atoms with Crippen LogP contribution >= 0.6 is 12.4 Å². The first kappa shape index (κ1) is 20.4. The van der Waals surface area contributed by atoms with Crippen molar-refractivity contribution >= 4 is 29.9 Å². The Labute approximate surface area is 149 Å². The van der Waals surface area contributed by atoms with Crippen molar-refractivity contribution in [1.82, 2.24) is 10.2 Å². The van der Waals surface area contributed by atoms with Gasteiger partial charge in [0, 0.05) is 19.3 Å². The molecule has 1 heterocycles. The molecule has 6 nitrogen and oxygen atoms in total. The summed E-state index contributed by atoms with van der Waals surface area (Å²) in [5.41, 5.74) is 2.93. The van der Waals surface area contributed by atoms with Crippen molar-refractivity contribution in [3.05, 3.63) is 29.3 Å². The number of likely N-dealkylation sites (N-methyl/N-ethyl adjacent to an activating group) is 1. The van der Waals surface area contributed by atoms with Gasteiger partial charge in [0.1, 0.15) is 6.04 Å². The second-order valence-electron chi connectivity index (χ2n) is 6.00. The minimum absolute atomic E-state index is 0. The molecule has 2 amide bonds. The minimum atomic E-state index is -0.401. The number of carbonyl (C=O) groups excluding carboxylic acids is 2. The van der Waals surface area contributed by atoms with Crippen LogP contribution in [0.1, 0.15) is 18.1 Å². The molecule has 0 aliphatic carbocycles. The molecule has 0 unspecified atom stereocenters. The van der Waals surface area contributed by atoms with Crippen molar-refractivity contribution < 1.29 is 14.3 Å². The van der Waals surface area contributed by atoms with Crippen molar-refractivity contribution in [3.63, 3.8) is 0 Å². The fourth-order valence-corrected chi connectivity index (χ4v) is 2.62. The maximum absolute atomic E-state index is 12.4. The summed E-state index contributed by atoms with van der Waals surface area (Å²) in [5, 5.41) is 6.01. The van der Waals surface area contributed by atoms with Crippen LogP contribution in [-0.4, -0.2) is 55.6 Å². The van der Waals surface area contributed by atoms with Crippen LogP contribution in [0.15, 0.2) is 18.2 Å². The SMILES string of the molecule is Cc1cccc(NC(=O)CN(C)C(=O)[C@H]2NCCO[C@@H]2C)c1C.Cl. The number of aryl methyl sites for hydroxylation is 1. The minimum Gasteiger partial charge on any atom is -0.375 e. The van der Waals surface area contributed by atoms with Gasteiger partial charge in [-0.05, 0) is 38.0 Å². The number of hydrogen-bond donors (Lipinski definition) is 2. The quantitative estimate of drug-likeness (QED) is 0.858. The van der Waals surface area contributed by atoms with Crippen LogP contribution in [-0.2, 0) is 14.3 Å². The highest BCUT2D eigenvalue weighted by molar-refractivity contribution is 5.96. The average molecular weight is 356 g/mol. The maximum Gasteiger partial charge on any atom is 0.243 e. The number of rotatable bonds is 4. The first-order chi connectivity index (χ1) is 10.9. The molecule has 24 heavy (non-hydrogen) atoms. The second-order valence-corrected chi connectivity index (χ2v) is 6.00. The van der Waals surface area contributed by atoms with E-state index in [2.05, 4.69) is 10.6 Å². The lowest BCUT2D eigenvalue weighted by atomic mass is 10.1. The van der Waals surface area contributed by atoms with Gasteiger partial charge in [0.25, 0.3) is 0 Å². The number of halogens is 1. The molecule has 0 radical (unpaired) electrons. The van der Waals surface area contributed by atoms with Crippen molar-refractivity contribution in [2.45, 2.75) is 32.9 Å². The maximum atomic E-state index is 12.4. The average Bonchev–Trinajstić information content (AvgIpc) is 2.51. The van der Waals surface area contributed by atoms with E-state index in [1.165, 1.54) is 4.90 Å². The van der Waals surface area contributed by atoms with Gasteiger partial charge in [0.05, 0.1) is 19.3 Å². The van der Waals surface area contributed by atoms with Crippen molar-refractivity contribution in [3.8, 4) is 0 Å². The summed E-state index contributed by atoms with van der Waals surface area (Å²) in [5.74, 6) is -0.341. The van der Waals surface area contributed by atoms with Gasteiger partial charge < -0.3 is 20.3 Å². The van der Waals surface area contributed by atoms with Gasteiger partial charge in [-0.3, -0.25) is 9.59 Å². The first-order valence-corrected chi connectivity index (χ1v) is 7.86. The number of carbonyl (C=O) groups is 2. The van der Waals surface area contributed by atoms with E-state index >= 15 is 0 Å². The summed E-state index contributed by atoms with van der Waals surface area (Å²) in [4.78, 5) is 26.1. The van der Waals surface area contributed by atoms with Crippen molar-refractivity contribution in [2.24, 2.45) is 0 Å². The molecule has 0 saturated carbocycles. The van der Waals surface area contributed by atoms with Crippen LogP contribution in [0.3, 0.4) is 0 Å². The number of amides is 2. The molecule has 1 fully saturated rings. The fourth-order valence-electron chi connectivity index (χ4n) is 2.62. The zero-order valence-corrected chi connectivity index (χ0v) is 15.4. The number of benzene rings is 1. The lowest BCUT2D eigenvalue weighted by Crippen LogP contribution is -2.56. The van der Waals surface area contributed by atoms with E-state index < -0.39 is 6.04 Å². The predicted octanol–water partition coefficient (Wildman–Crippen LogP) is 1.50. The third kappa shape index (κ3) is 4.93. The molecule has 0 bridgehead atoms. The number of nitrogens with zero attached hydrogens (tertiary/aromatic N) is 1. The van der Waals surface area contributed by atoms with E-state index in [9.17, 15) is 9.59 Å². The number of nitrogens with one attached hydrogen (secondary N) is 2. The topological polar surface area (TPSA) is 70.7 Å². The first-order valence-electron chi connectivity index (χ1n) is 7.86. The summed E-state index contributed by atoms with van der Waals surface area (Å²) in [6.07, 6.45) is -0.194. The molecule has 1 aromatic carbocycles. The summed E-state index contributed by atoms with van der Waals surface area (Å²) in [7, 11) is 1.63. The monoisotopic (exact) mass is 355 g/mol. The molecule has 0 spiro atoms.